The van der Waals surface area contributed by atoms with Gasteiger partial charge < -0.3 is 14.5 Å². The van der Waals surface area contributed by atoms with Gasteiger partial charge in [-0.25, -0.2) is 4.79 Å². The lowest BCUT2D eigenvalue weighted by molar-refractivity contribution is 0.104. The summed E-state index contributed by atoms with van der Waals surface area (Å²) >= 11 is 5.79. The zero-order valence-corrected chi connectivity index (χ0v) is 15.8. The van der Waals surface area contributed by atoms with Crippen LogP contribution in [0.2, 0.25) is 5.22 Å². The number of nitrogens with zero attached hydrogens (tertiary/aromatic N) is 1. The van der Waals surface area contributed by atoms with Crippen molar-refractivity contribution in [2.24, 2.45) is 0 Å². The standard InChI is InChI=1S/C22H15ClN2O4/c23-21-10-9-20(29-21)18-13-25(22(28)24-18)16-5-2-4-15(12-16)19(27)8-7-14-3-1-6-17(26)11-14/h1-13,26H,(H,24,28). The van der Waals surface area contributed by atoms with Crippen molar-refractivity contribution in [2.75, 3.05) is 0 Å². The first-order chi connectivity index (χ1) is 14.0. The molecule has 2 N–H and O–H groups in total. The van der Waals surface area contributed by atoms with Gasteiger partial charge in [0, 0.05) is 11.8 Å². The van der Waals surface area contributed by atoms with Gasteiger partial charge in [-0.15, -0.1) is 0 Å². The van der Waals surface area contributed by atoms with Gasteiger partial charge in [0.25, 0.3) is 0 Å². The molecule has 0 aliphatic carbocycles. The third-order valence-corrected chi connectivity index (χ3v) is 4.47. The van der Waals surface area contributed by atoms with Crippen LogP contribution in [0.15, 0.2) is 82.1 Å². The highest BCUT2D eigenvalue weighted by Gasteiger charge is 2.11. The van der Waals surface area contributed by atoms with Crippen molar-refractivity contribution in [3.05, 3.63) is 99.8 Å². The summed E-state index contributed by atoms with van der Waals surface area (Å²) in [6.45, 7) is 0. The van der Waals surface area contributed by atoms with Gasteiger partial charge in [0.05, 0.1) is 5.69 Å². The Morgan fingerprint density at radius 3 is 2.69 bits per heavy atom. The normalized spacial score (nSPS) is 11.2. The van der Waals surface area contributed by atoms with Crippen molar-refractivity contribution >= 4 is 23.5 Å². The van der Waals surface area contributed by atoms with Gasteiger partial charge in [-0.2, -0.15) is 0 Å². The van der Waals surface area contributed by atoms with E-state index in [4.69, 9.17) is 16.0 Å². The number of phenolic OH excluding ortho intramolecular Hbond substituents is 1. The van der Waals surface area contributed by atoms with Gasteiger partial charge >= 0.3 is 5.69 Å². The van der Waals surface area contributed by atoms with Gasteiger partial charge in [-0.1, -0.05) is 30.3 Å². The first-order valence-electron chi connectivity index (χ1n) is 8.69. The number of benzene rings is 2. The van der Waals surface area contributed by atoms with E-state index in [0.717, 1.165) is 0 Å². The number of allylic oxidation sites excluding steroid dienone is 1. The minimum Gasteiger partial charge on any atom is -0.508 e. The molecule has 0 aliphatic rings. The van der Waals surface area contributed by atoms with Crippen LogP contribution in [0.25, 0.3) is 23.2 Å². The molecule has 0 saturated heterocycles. The first kappa shape index (κ1) is 18.6. The van der Waals surface area contributed by atoms with Crippen LogP contribution in [0.5, 0.6) is 5.75 Å². The zero-order valence-electron chi connectivity index (χ0n) is 15.0. The molecule has 4 rings (SSSR count). The summed E-state index contributed by atoms with van der Waals surface area (Å²) in [7, 11) is 0. The quantitative estimate of drug-likeness (QED) is 0.372. The maximum absolute atomic E-state index is 12.5. The van der Waals surface area contributed by atoms with Gasteiger partial charge in [-0.05, 0) is 59.6 Å². The average molecular weight is 407 g/mol. The molecule has 0 amide bonds. The zero-order chi connectivity index (χ0) is 20.4. The maximum Gasteiger partial charge on any atom is 0.330 e. The number of ketones is 1. The number of hydrogen-bond acceptors (Lipinski definition) is 4. The summed E-state index contributed by atoms with van der Waals surface area (Å²) in [6.07, 6.45) is 4.63. The van der Waals surface area contributed by atoms with Gasteiger partial charge in [-0.3, -0.25) is 9.36 Å². The molecule has 2 aromatic carbocycles. The number of carbonyl (C=O) groups is 1. The highest BCUT2D eigenvalue weighted by atomic mass is 35.5. The van der Waals surface area contributed by atoms with E-state index >= 15 is 0 Å². The lowest BCUT2D eigenvalue weighted by Gasteiger charge is -2.03. The molecule has 6 nitrogen and oxygen atoms in total. The van der Waals surface area contributed by atoms with E-state index in [1.807, 2.05) is 0 Å². The Morgan fingerprint density at radius 2 is 1.93 bits per heavy atom. The van der Waals surface area contributed by atoms with Gasteiger partial charge in [0.1, 0.15) is 11.4 Å². The second-order valence-electron chi connectivity index (χ2n) is 6.29. The smallest absolute Gasteiger partial charge is 0.330 e. The molecular formula is C22H15ClN2O4. The number of phenols is 1. The Bertz CT molecular complexity index is 1280. The maximum atomic E-state index is 12.5. The minimum absolute atomic E-state index is 0.127. The molecule has 0 bridgehead atoms. The van der Waals surface area contributed by atoms with Crippen LogP contribution in [0.1, 0.15) is 15.9 Å². The summed E-state index contributed by atoms with van der Waals surface area (Å²) in [5, 5.41) is 9.72. The number of hydrogen-bond donors (Lipinski definition) is 2. The Balaban J connectivity index is 1.61. The Kier molecular flexibility index (Phi) is 4.93. The fraction of sp³-hybridized carbons (Fsp3) is 0. The monoisotopic (exact) mass is 406 g/mol. The van der Waals surface area contributed by atoms with Crippen LogP contribution in [-0.2, 0) is 0 Å². The van der Waals surface area contributed by atoms with E-state index in [2.05, 4.69) is 4.98 Å². The molecule has 0 fully saturated rings. The molecule has 0 atom stereocenters. The number of furan rings is 1. The van der Waals surface area contributed by atoms with E-state index < -0.39 is 0 Å². The molecule has 0 aliphatic heterocycles. The summed E-state index contributed by atoms with van der Waals surface area (Å²) < 4.78 is 6.71. The van der Waals surface area contributed by atoms with Crippen molar-refractivity contribution in [3.8, 4) is 22.9 Å². The number of aromatic hydroxyl groups is 1. The highest BCUT2D eigenvalue weighted by molar-refractivity contribution is 6.28. The number of aromatic amines is 1. The number of carbonyl (C=O) groups excluding carboxylic acids is 1. The van der Waals surface area contributed by atoms with Crippen LogP contribution < -0.4 is 5.69 Å². The Labute approximate surface area is 170 Å². The summed E-state index contributed by atoms with van der Waals surface area (Å²) in [6, 6.07) is 16.6. The molecule has 0 saturated carbocycles. The molecule has 4 aromatic rings. The number of imidazole rings is 1. The second-order valence-corrected chi connectivity index (χ2v) is 6.66. The summed E-state index contributed by atoms with van der Waals surface area (Å²) in [5.74, 6) is 0.339. The first-order valence-corrected chi connectivity index (χ1v) is 9.07. The van der Waals surface area contributed by atoms with Crippen LogP contribution in [-0.4, -0.2) is 20.4 Å². The SMILES string of the molecule is O=C(C=Cc1cccc(O)c1)c1cccc(-n2cc(-c3ccc(Cl)o3)[nH]c2=O)c1. The number of rotatable bonds is 5. The van der Waals surface area contributed by atoms with Crippen LogP contribution in [0.3, 0.4) is 0 Å². The Morgan fingerprint density at radius 1 is 1.10 bits per heavy atom. The van der Waals surface area contributed by atoms with E-state index in [1.165, 1.54) is 10.6 Å². The molecule has 7 heteroatoms. The molecule has 0 spiro atoms. The number of nitrogens with one attached hydrogen (secondary N) is 1. The van der Waals surface area contributed by atoms with E-state index in [-0.39, 0.29) is 22.4 Å². The molecule has 0 unspecified atom stereocenters. The van der Waals surface area contributed by atoms with Crippen molar-refractivity contribution < 1.29 is 14.3 Å². The predicted octanol–water partition coefficient (Wildman–Crippen LogP) is 4.68. The summed E-state index contributed by atoms with van der Waals surface area (Å²) in [5.41, 5.74) is 1.77. The summed E-state index contributed by atoms with van der Waals surface area (Å²) in [4.78, 5) is 27.6. The molecule has 2 aromatic heterocycles. The fourth-order valence-electron chi connectivity index (χ4n) is 2.88. The molecule has 29 heavy (non-hydrogen) atoms. The van der Waals surface area contributed by atoms with Crippen molar-refractivity contribution in [1.82, 2.24) is 9.55 Å². The third kappa shape index (κ3) is 4.07. The lowest BCUT2D eigenvalue weighted by atomic mass is 10.1. The van der Waals surface area contributed by atoms with E-state index in [9.17, 15) is 14.7 Å². The number of H-pyrrole nitrogens is 1. The third-order valence-electron chi connectivity index (χ3n) is 4.26. The molecule has 2 heterocycles. The second kappa shape index (κ2) is 7.69. The predicted molar refractivity (Wildman–Crippen MR) is 111 cm³/mol. The molecular weight excluding hydrogens is 392 g/mol. The minimum atomic E-state index is -0.368. The van der Waals surface area contributed by atoms with Crippen LogP contribution in [0.4, 0.5) is 0 Å². The average Bonchev–Trinajstić information content (AvgIpc) is 3.32. The topological polar surface area (TPSA) is 88.2 Å². The Hall–Kier alpha value is -3.77. The van der Waals surface area contributed by atoms with Gasteiger partial charge in [0.15, 0.2) is 16.8 Å². The fourth-order valence-corrected chi connectivity index (χ4v) is 3.02. The van der Waals surface area contributed by atoms with Crippen molar-refractivity contribution in [1.29, 1.82) is 0 Å². The largest absolute Gasteiger partial charge is 0.508 e. The van der Waals surface area contributed by atoms with Crippen molar-refractivity contribution in [3.63, 3.8) is 0 Å². The number of aromatic nitrogens is 2. The van der Waals surface area contributed by atoms with Gasteiger partial charge in [0.2, 0.25) is 0 Å². The highest BCUT2D eigenvalue weighted by Crippen LogP contribution is 2.23. The van der Waals surface area contributed by atoms with Crippen molar-refractivity contribution in [2.45, 2.75) is 0 Å². The number of halogens is 1. The van der Waals surface area contributed by atoms with Crippen LogP contribution in [0, 0.1) is 0 Å². The molecule has 0 radical (unpaired) electrons. The van der Waals surface area contributed by atoms with E-state index in [0.29, 0.717) is 28.3 Å². The molecule has 144 valence electrons. The van der Waals surface area contributed by atoms with Crippen LogP contribution >= 0.6 is 11.6 Å². The van der Waals surface area contributed by atoms with E-state index in [1.54, 1.807) is 72.9 Å². The lowest BCUT2D eigenvalue weighted by Crippen LogP contribution is -2.14.